The molecule has 19 heavy (non-hydrogen) atoms. The second kappa shape index (κ2) is 5.26. The van der Waals surface area contributed by atoms with Gasteiger partial charge in [-0.25, -0.2) is 14.8 Å². The molecular formula is C13H10N2O4. The van der Waals surface area contributed by atoms with Gasteiger partial charge in [0.25, 0.3) is 0 Å². The van der Waals surface area contributed by atoms with Crippen LogP contribution in [-0.2, 0) is 0 Å². The van der Waals surface area contributed by atoms with E-state index in [-0.39, 0.29) is 17.2 Å². The molecule has 1 aromatic carbocycles. The number of benzene rings is 1. The highest BCUT2D eigenvalue weighted by Crippen LogP contribution is 2.13. The van der Waals surface area contributed by atoms with Crippen molar-refractivity contribution in [3.8, 4) is 5.75 Å². The van der Waals surface area contributed by atoms with E-state index in [1.54, 1.807) is 24.3 Å². The third kappa shape index (κ3) is 2.74. The van der Waals surface area contributed by atoms with Crippen LogP contribution in [0.1, 0.15) is 26.5 Å². The van der Waals surface area contributed by atoms with Crippen LogP contribution in [0.3, 0.4) is 0 Å². The van der Waals surface area contributed by atoms with Crippen molar-refractivity contribution in [2.45, 2.75) is 0 Å². The average molecular weight is 258 g/mol. The summed E-state index contributed by atoms with van der Waals surface area (Å²) in [5.74, 6) is -0.869. The molecule has 0 saturated heterocycles. The summed E-state index contributed by atoms with van der Waals surface area (Å²) < 4.78 is 4.99. The summed E-state index contributed by atoms with van der Waals surface area (Å²) in [5, 5.41) is 8.69. The van der Waals surface area contributed by atoms with Gasteiger partial charge in [0.2, 0.25) is 5.78 Å². The van der Waals surface area contributed by atoms with E-state index in [9.17, 15) is 9.59 Å². The Morgan fingerprint density at radius 1 is 1.05 bits per heavy atom. The molecule has 0 spiro atoms. The molecule has 0 aliphatic rings. The van der Waals surface area contributed by atoms with Gasteiger partial charge in [0.15, 0.2) is 5.69 Å². The van der Waals surface area contributed by atoms with E-state index in [2.05, 4.69) is 9.97 Å². The summed E-state index contributed by atoms with van der Waals surface area (Å²) in [7, 11) is 1.53. The van der Waals surface area contributed by atoms with Crippen molar-refractivity contribution < 1.29 is 19.4 Å². The zero-order valence-corrected chi connectivity index (χ0v) is 10.0. The van der Waals surface area contributed by atoms with Crippen molar-refractivity contribution in [3.05, 3.63) is 53.6 Å². The zero-order valence-electron chi connectivity index (χ0n) is 10.0. The number of aromatic carboxylic acids is 1. The van der Waals surface area contributed by atoms with Crippen LogP contribution in [0.5, 0.6) is 5.75 Å². The Bertz CT molecular complexity index is 606. The number of ketones is 1. The van der Waals surface area contributed by atoms with E-state index in [0.29, 0.717) is 11.3 Å². The van der Waals surface area contributed by atoms with Gasteiger partial charge < -0.3 is 9.84 Å². The number of carbonyl (C=O) groups excluding carboxylic acids is 1. The van der Waals surface area contributed by atoms with Crippen molar-refractivity contribution in [2.75, 3.05) is 7.11 Å². The molecule has 0 aliphatic heterocycles. The molecule has 0 radical (unpaired) electrons. The van der Waals surface area contributed by atoms with Gasteiger partial charge in [-0.15, -0.1) is 0 Å². The molecule has 0 amide bonds. The van der Waals surface area contributed by atoms with E-state index >= 15 is 0 Å². The van der Waals surface area contributed by atoms with Crippen LogP contribution in [0.2, 0.25) is 0 Å². The van der Waals surface area contributed by atoms with Crippen LogP contribution < -0.4 is 4.74 Å². The third-order valence-corrected chi connectivity index (χ3v) is 2.46. The van der Waals surface area contributed by atoms with Gasteiger partial charge in [-0.3, -0.25) is 4.79 Å². The molecule has 1 aromatic heterocycles. The smallest absolute Gasteiger partial charge is 0.356 e. The summed E-state index contributed by atoms with van der Waals surface area (Å²) in [4.78, 5) is 30.1. The van der Waals surface area contributed by atoms with Crippen LogP contribution >= 0.6 is 0 Å². The standard InChI is InChI=1S/C13H10N2O4/c1-19-9-4-2-8(3-5-9)12(16)10-6-15-11(7-14-10)13(17)18/h2-7H,1H3,(H,17,18). The lowest BCUT2D eigenvalue weighted by atomic mass is 10.1. The molecule has 0 saturated carbocycles. The molecule has 1 heterocycles. The molecule has 0 unspecified atom stereocenters. The normalized spacial score (nSPS) is 9.95. The minimum Gasteiger partial charge on any atom is -0.497 e. The molecule has 2 aromatic rings. The van der Waals surface area contributed by atoms with Crippen molar-refractivity contribution in [2.24, 2.45) is 0 Å². The highest BCUT2D eigenvalue weighted by molar-refractivity contribution is 6.07. The fraction of sp³-hybridized carbons (Fsp3) is 0.0769. The van der Waals surface area contributed by atoms with Crippen LogP contribution in [0.15, 0.2) is 36.7 Å². The Morgan fingerprint density at radius 2 is 1.63 bits per heavy atom. The summed E-state index contributed by atoms with van der Waals surface area (Å²) >= 11 is 0. The SMILES string of the molecule is COc1ccc(C(=O)c2cnc(C(=O)O)cn2)cc1. The maximum Gasteiger partial charge on any atom is 0.356 e. The number of carboxylic acids is 1. The highest BCUT2D eigenvalue weighted by Gasteiger charge is 2.12. The maximum absolute atomic E-state index is 12.0. The highest BCUT2D eigenvalue weighted by atomic mass is 16.5. The fourth-order valence-corrected chi connectivity index (χ4v) is 1.45. The van der Waals surface area contributed by atoms with Crippen LogP contribution in [0.4, 0.5) is 0 Å². The molecule has 0 fully saturated rings. The first-order chi connectivity index (χ1) is 9.11. The molecule has 96 valence electrons. The first kappa shape index (κ1) is 12.7. The van der Waals surface area contributed by atoms with E-state index in [1.165, 1.54) is 7.11 Å². The number of aromatic nitrogens is 2. The topological polar surface area (TPSA) is 89.4 Å². The molecular weight excluding hydrogens is 248 g/mol. The van der Waals surface area contributed by atoms with E-state index < -0.39 is 5.97 Å². The predicted molar refractivity (Wildman–Crippen MR) is 65.4 cm³/mol. The van der Waals surface area contributed by atoms with E-state index in [4.69, 9.17) is 9.84 Å². The lowest BCUT2D eigenvalue weighted by Crippen LogP contribution is -2.08. The summed E-state index contributed by atoms with van der Waals surface area (Å²) in [6.07, 6.45) is 2.20. The zero-order chi connectivity index (χ0) is 13.8. The largest absolute Gasteiger partial charge is 0.497 e. The van der Waals surface area contributed by atoms with Gasteiger partial charge in [0, 0.05) is 5.56 Å². The van der Waals surface area contributed by atoms with Gasteiger partial charge in [-0.2, -0.15) is 0 Å². The molecule has 6 heteroatoms. The van der Waals surface area contributed by atoms with Gasteiger partial charge in [-0.05, 0) is 24.3 Å². The summed E-state index contributed by atoms with van der Waals surface area (Å²) in [6, 6.07) is 6.53. The molecule has 6 nitrogen and oxygen atoms in total. The van der Waals surface area contributed by atoms with Gasteiger partial charge in [0.05, 0.1) is 19.5 Å². The van der Waals surface area contributed by atoms with Crippen molar-refractivity contribution in [1.82, 2.24) is 9.97 Å². The predicted octanol–water partition coefficient (Wildman–Crippen LogP) is 1.41. The Labute approximate surface area is 108 Å². The van der Waals surface area contributed by atoms with Crippen LogP contribution in [-0.4, -0.2) is 33.9 Å². The van der Waals surface area contributed by atoms with Gasteiger partial charge >= 0.3 is 5.97 Å². The molecule has 0 aliphatic carbocycles. The van der Waals surface area contributed by atoms with E-state index in [0.717, 1.165) is 12.4 Å². The van der Waals surface area contributed by atoms with E-state index in [1.807, 2.05) is 0 Å². The first-order valence-electron chi connectivity index (χ1n) is 5.36. The first-order valence-corrected chi connectivity index (χ1v) is 5.36. The van der Waals surface area contributed by atoms with Crippen LogP contribution in [0, 0.1) is 0 Å². The minimum absolute atomic E-state index is 0.0927. The minimum atomic E-state index is -1.18. The number of carbonyl (C=O) groups is 2. The summed E-state index contributed by atoms with van der Waals surface area (Å²) in [5.41, 5.74) is 0.319. The van der Waals surface area contributed by atoms with Crippen molar-refractivity contribution in [1.29, 1.82) is 0 Å². The van der Waals surface area contributed by atoms with Gasteiger partial charge in [0.1, 0.15) is 11.4 Å². The quantitative estimate of drug-likeness (QED) is 0.834. The Morgan fingerprint density at radius 3 is 2.11 bits per heavy atom. The number of rotatable bonds is 4. The fourth-order valence-electron chi connectivity index (χ4n) is 1.45. The average Bonchev–Trinajstić information content (AvgIpc) is 2.46. The Hall–Kier alpha value is -2.76. The number of ether oxygens (including phenoxy) is 1. The third-order valence-electron chi connectivity index (χ3n) is 2.46. The number of hydrogen-bond donors (Lipinski definition) is 1. The summed E-state index contributed by atoms with van der Waals surface area (Å²) in [6.45, 7) is 0. The van der Waals surface area contributed by atoms with Crippen LogP contribution in [0.25, 0.3) is 0 Å². The van der Waals surface area contributed by atoms with Crippen molar-refractivity contribution in [3.63, 3.8) is 0 Å². The Balaban J connectivity index is 2.25. The Kier molecular flexibility index (Phi) is 3.51. The lowest BCUT2D eigenvalue weighted by molar-refractivity contribution is 0.0689. The molecule has 0 bridgehead atoms. The second-order valence-electron chi connectivity index (χ2n) is 3.65. The molecule has 1 N–H and O–H groups in total. The maximum atomic E-state index is 12.0. The number of carboxylic acid groups (broad SMARTS) is 1. The number of methoxy groups -OCH3 is 1. The second-order valence-corrected chi connectivity index (χ2v) is 3.65. The van der Waals surface area contributed by atoms with Crippen molar-refractivity contribution >= 4 is 11.8 Å². The number of nitrogens with zero attached hydrogens (tertiary/aromatic N) is 2. The molecule has 0 atom stereocenters. The lowest BCUT2D eigenvalue weighted by Gasteiger charge is -2.02. The number of hydrogen-bond acceptors (Lipinski definition) is 5. The van der Waals surface area contributed by atoms with Gasteiger partial charge in [-0.1, -0.05) is 0 Å². The monoisotopic (exact) mass is 258 g/mol. The molecule has 2 rings (SSSR count).